The van der Waals surface area contributed by atoms with Crippen LogP contribution in [-0.4, -0.2) is 12.7 Å². The fourth-order valence-electron chi connectivity index (χ4n) is 2.49. The molecule has 0 fully saturated rings. The Morgan fingerprint density at radius 3 is 2.82 bits per heavy atom. The predicted molar refractivity (Wildman–Crippen MR) is 81.5 cm³/mol. The van der Waals surface area contributed by atoms with Crippen LogP contribution < -0.4 is 14.8 Å². The maximum absolute atomic E-state index is 12.3. The molecule has 2 aromatic carbocycles. The van der Waals surface area contributed by atoms with Crippen LogP contribution in [0.15, 0.2) is 46.9 Å². The minimum absolute atomic E-state index is 0.204. The number of ether oxygens (including phenoxy) is 2. The number of aryl methyl sites for hydroxylation is 1. The van der Waals surface area contributed by atoms with Crippen LogP contribution in [0, 0.1) is 6.92 Å². The van der Waals surface area contributed by atoms with Gasteiger partial charge in [-0.05, 0) is 30.7 Å². The Morgan fingerprint density at radius 1 is 1.09 bits per heavy atom. The van der Waals surface area contributed by atoms with Gasteiger partial charge < -0.3 is 19.2 Å². The van der Waals surface area contributed by atoms with E-state index in [0.29, 0.717) is 17.2 Å². The lowest BCUT2D eigenvalue weighted by atomic mass is 10.2. The number of carbonyl (C=O) groups is 1. The van der Waals surface area contributed by atoms with Gasteiger partial charge in [0.05, 0.1) is 0 Å². The Labute approximate surface area is 126 Å². The van der Waals surface area contributed by atoms with Crippen LogP contribution in [0.25, 0.3) is 11.0 Å². The molecule has 1 aliphatic rings. The largest absolute Gasteiger partial charge is 0.454 e. The molecule has 0 atom stereocenters. The number of hydrogen-bond donors (Lipinski definition) is 1. The SMILES string of the molecule is Cc1cccc2cc(C(=O)Nc3ccc4c(c3)OCO4)oc12. The Morgan fingerprint density at radius 2 is 1.95 bits per heavy atom. The number of anilines is 1. The molecule has 5 nitrogen and oxygen atoms in total. The van der Waals surface area contributed by atoms with Crippen molar-refractivity contribution in [3.05, 3.63) is 53.8 Å². The van der Waals surface area contributed by atoms with E-state index < -0.39 is 0 Å². The van der Waals surface area contributed by atoms with Gasteiger partial charge in [0.2, 0.25) is 6.79 Å². The van der Waals surface area contributed by atoms with E-state index in [2.05, 4.69) is 5.32 Å². The number of carbonyl (C=O) groups excluding carboxylic acids is 1. The zero-order valence-corrected chi connectivity index (χ0v) is 11.9. The van der Waals surface area contributed by atoms with E-state index in [4.69, 9.17) is 13.9 Å². The van der Waals surface area contributed by atoms with Gasteiger partial charge in [-0.3, -0.25) is 4.79 Å². The standard InChI is InChI=1S/C17H13NO4/c1-10-3-2-4-11-7-15(22-16(10)11)17(19)18-12-5-6-13-14(8-12)21-9-20-13/h2-8H,9H2,1H3,(H,18,19). The Balaban J connectivity index is 1.62. The summed E-state index contributed by atoms with van der Waals surface area (Å²) >= 11 is 0. The Kier molecular flexibility index (Phi) is 2.79. The molecule has 1 aliphatic heterocycles. The molecule has 0 saturated carbocycles. The van der Waals surface area contributed by atoms with E-state index in [1.807, 2.05) is 25.1 Å². The Hall–Kier alpha value is -2.95. The third-order valence-corrected chi connectivity index (χ3v) is 3.60. The molecule has 1 N–H and O–H groups in total. The van der Waals surface area contributed by atoms with Crippen LogP contribution in [0.3, 0.4) is 0 Å². The van der Waals surface area contributed by atoms with E-state index in [9.17, 15) is 4.79 Å². The zero-order chi connectivity index (χ0) is 15.1. The number of furan rings is 1. The highest BCUT2D eigenvalue weighted by Gasteiger charge is 2.17. The van der Waals surface area contributed by atoms with Crippen molar-refractivity contribution in [2.24, 2.45) is 0 Å². The van der Waals surface area contributed by atoms with E-state index in [-0.39, 0.29) is 18.5 Å². The highest BCUT2D eigenvalue weighted by Crippen LogP contribution is 2.34. The third-order valence-electron chi connectivity index (χ3n) is 3.60. The van der Waals surface area contributed by atoms with Crippen molar-refractivity contribution >= 4 is 22.6 Å². The molecule has 0 aliphatic carbocycles. The summed E-state index contributed by atoms with van der Waals surface area (Å²) in [7, 11) is 0. The van der Waals surface area contributed by atoms with Gasteiger partial charge in [-0.15, -0.1) is 0 Å². The van der Waals surface area contributed by atoms with Crippen LogP contribution in [0.2, 0.25) is 0 Å². The average Bonchev–Trinajstić information content (AvgIpc) is 3.13. The van der Waals surface area contributed by atoms with Crippen LogP contribution >= 0.6 is 0 Å². The molecule has 22 heavy (non-hydrogen) atoms. The van der Waals surface area contributed by atoms with Gasteiger partial charge >= 0.3 is 0 Å². The molecular weight excluding hydrogens is 282 g/mol. The number of nitrogens with one attached hydrogen (secondary N) is 1. The molecule has 2 heterocycles. The molecule has 110 valence electrons. The summed E-state index contributed by atoms with van der Waals surface area (Å²) in [5.41, 5.74) is 2.37. The summed E-state index contributed by atoms with van der Waals surface area (Å²) < 4.78 is 16.2. The number of para-hydroxylation sites is 1. The van der Waals surface area contributed by atoms with E-state index in [0.717, 1.165) is 16.5 Å². The third kappa shape index (κ3) is 2.07. The van der Waals surface area contributed by atoms with Gasteiger partial charge in [-0.1, -0.05) is 18.2 Å². The lowest BCUT2D eigenvalue weighted by Crippen LogP contribution is -2.10. The minimum Gasteiger partial charge on any atom is -0.454 e. The van der Waals surface area contributed by atoms with E-state index in [1.54, 1.807) is 24.3 Å². The smallest absolute Gasteiger partial charge is 0.291 e. The van der Waals surface area contributed by atoms with Crippen LogP contribution in [0.4, 0.5) is 5.69 Å². The number of hydrogen-bond acceptors (Lipinski definition) is 4. The van der Waals surface area contributed by atoms with Crippen LogP contribution in [0.1, 0.15) is 16.1 Å². The molecule has 0 bridgehead atoms. The first-order chi connectivity index (χ1) is 10.7. The van der Waals surface area contributed by atoms with Gasteiger partial charge in [0.1, 0.15) is 5.58 Å². The maximum atomic E-state index is 12.3. The van der Waals surface area contributed by atoms with Crippen molar-refractivity contribution in [3.8, 4) is 11.5 Å². The molecule has 4 rings (SSSR count). The second-order valence-corrected chi connectivity index (χ2v) is 5.13. The number of amides is 1. The van der Waals surface area contributed by atoms with Gasteiger partial charge in [-0.25, -0.2) is 0 Å². The number of benzene rings is 2. The second kappa shape index (κ2) is 4.80. The van der Waals surface area contributed by atoms with Crippen molar-refractivity contribution in [1.82, 2.24) is 0 Å². The maximum Gasteiger partial charge on any atom is 0.291 e. The molecule has 0 spiro atoms. The van der Waals surface area contributed by atoms with Crippen molar-refractivity contribution in [2.45, 2.75) is 6.92 Å². The molecule has 0 saturated heterocycles. The summed E-state index contributed by atoms with van der Waals surface area (Å²) in [6.07, 6.45) is 0. The summed E-state index contributed by atoms with van der Waals surface area (Å²) in [6, 6.07) is 12.8. The van der Waals surface area contributed by atoms with Gasteiger partial charge in [0.25, 0.3) is 5.91 Å². The fourth-order valence-corrected chi connectivity index (χ4v) is 2.49. The highest BCUT2D eigenvalue weighted by molar-refractivity contribution is 6.05. The van der Waals surface area contributed by atoms with Crippen LogP contribution in [-0.2, 0) is 0 Å². The molecule has 0 radical (unpaired) electrons. The Bertz CT molecular complexity index is 881. The van der Waals surface area contributed by atoms with Gasteiger partial charge in [0.15, 0.2) is 17.3 Å². The van der Waals surface area contributed by atoms with Crippen molar-refractivity contribution in [1.29, 1.82) is 0 Å². The van der Waals surface area contributed by atoms with Crippen molar-refractivity contribution < 1.29 is 18.7 Å². The molecule has 1 amide bonds. The molecular formula is C17H13NO4. The van der Waals surface area contributed by atoms with E-state index in [1.165, 1.54) is 0 Å². The number of fused-ring (bicyclic) bond motifs is 2. The number of rotatable bonds is 2. The van der Waals surface area contributed by atoms with E-state index >= 15 is 0 Å². The molecule has 0 unspecified atom stereocenters. The summed E-state index contributed by atoms with van der Waals surface area (Å²) in [6.45, 7) is 2.15. The van der Waals surface area contributed by atoms with Crippen LogP contribution in [0.5, 0.6) is 11.5 Å². The first-order valence-electron chi connectivity index (χ1n) is 6.91. The fraction of sp³-hybridized carbons (Fsp3) is 0.118. The molecule has 5 heteroatoms. The lowest BCUT2D eigenvalue weighted by molar-refractivity contribution is 0.0998. The van der Waals surface area contributed by atoms with Gasteiger partial charge in [-0.2, -0.15) is 0 Å². The highest BCUT2D eigenvalue weighted by atomic mass is 16.7. The van der Waals surface area contributed by atoms with Crippen molar-refractivity contribution in [2.75, 3.05) is 12.1 Å². The minimum atomic E-state index is -0.297. The van der Waals surface area contributed by atoms with Crippen molar-refractivity contribution in [3.63, 3.8) is 0 Å². The van der Waals surface area contributed by atoms with Gasteiger partial charge in [0, 0.05) is 17.1 Å². The normalized spacial score (nSPS) is 12.6. The first-order valence-corrected chi connectivity index (χ1v) is 6.91. The lowest BCUT2D eigenvalue weighted by Gasteiger charge is -2.04. The summed E-state index contributed by atoms with van der Waals surface area (Å²) in [5, 5.41) is 3.71. The second-order valence-electron chi connectivity index (χ2n) is 5.13. The monoisotopic (exact) mass is 295 g/mol. The topological polar surface area (TPSA) is 60.7 Å². The quantitative estimate of drug-likeness (QED) is 0.782. The first kappa shape index (κ1) is 12.8. The summed E-state index contributed by atoms with van der Waals surface area (Å²) in [4.78, 5) is 12.3. The average molecular weight is 295 g/mol. The zero-order valence-electron chi connectivity index (χ0n) is 11.9. The summed E-state index contributed by atoms with van der Waals surface area (Å²) in [5.74, 6) is 1.28. The molecule has 3 aromatic rings. The molecule has 1 aromatic heterocycles. The predicted octanol–water partition coefficient (Wildman–Crippen LogP) is 3.72.